The van der Waals surface area contributed by atoms with Gasteiger partial charge >= 0.3 is 0 Å². The highest BCUT2D eigenvalue weighted by atomic mass is 16.3. The van der Waals surface area contributed by atoms with Gasteiger partial charge in [0.25, 0.3) is 0 Å². The van der Waals surface area contributed by atoms with Crippen molar-refractivity contribution < 1.29 is 10.2 Å². The highest BCUT2D eigenvalue weighted by molar-refractivity contribution is 5.44. The third kappa shape index (κ3) is 5.58. The van der Waals surface area contributed by atoms with E-state index in [4.69, 9.17) is 0 Å². The van der Waals surface area contributed by atoms with Gasteiger partial charge < -0.3 is 10.2 Å². The molecular formula is C18H31NO2. The number of phenols is 2. The van der Waals surface area contributed by atoms with Crippen molar-refractivity contribution in [1.29, 1.82) is 0 Å². The van der Waals surface area contributed by atoms with E-state index < -0.39 is 0 Å². The third-order valence-electron chi connectivity index (χ3n) is 4.01. The highest BCUT2D eigenvalue weighted by Crippen LogP contribution is 2.35. The number of nitrogens with zero attached hydrogens (tertiary/aromatic N) is 1. The largest absolute Gasteiger partial charge is 0.507 e. The fourth-order valence-corrected chi connectivity index (χ4v) is 2.50. The molecule has 3 heteroatoms. The smallest absolute Gasteiger partial charge is 0.124 e. The molecule has 0 aromatic heterocycles. The summed E-state index contributed by atoms with van der Waals surface area (Å²) in [6, 6.07) is 4.99. The van der Waals surface area contributed by atoms with Gasteiger partial charge in [0.2, 0.25) is 0 Å². The zero-order chi connectivity index (χ0) is 16.0. The molecule has 0 radical (unpaired) electrons. The molecule has 0 aliphatic heterocycles. The molecule has 3 nitrogen and oxygen atoms in total. The molecule has 0 fully saturated rings. The number of hydrogen-bond acceptors (Lipinski definition) is 3. The first-order valence-electron chi connectivity index (χ1n) is 8.07. The maximum absolute atomic E-state index is 10.1. The summed E-state index contributed by atoms with van der Waals surface area (Å²) < 4.78 is 0. The Kier molecular flexibility index (Phi) is 7.03. The minimum atomic E-state index is 0.0173. The molecule has 0 bridgehead atoms. The quantitative estimate of drug-likeness (QED) is 0.739. The van der Waals surface area contributed by atoms with Crippen LogP contribution in [0.5, 0.6) is 11.5 Å². The van der Waals surface area contributed by atoms with Crippen molar-refractivity contribution in [2.45, 2.75) is 53.5 Å². The SMILES string of the molecule is CC(C)CCN(CCC(C)C)C(C)c1c(O)cccc1O. The van der Waals surface area contributed by atoms with E-state index in [9.17, 15) is 10.2 Å². The Morgan fingerprint density at radius 2 is 1.29 bits per heavy atom. The minimum Gasteiger partial charge on any atom is -0.507 e. The minimum absolute atomic E-state index is 0.0173. The summed E-state index contributed by atoms with van der Waals surface area (Å²) >= 11 is 0. The lowest BCUT2D eigenvalue weighted by molar-refractivity contribution is 0.183. The number of hydrogen-bond donors (Lipinski definition) is 2. The molecule has 1 rings (SSSR count). The van der Waals surface area contributed by atoms with Crippen LogP contribution in [0.4, 0.5) is 0 Å². The molecule has 1 atom stereocenters. The number of phenolic OH excluding ortho intramolecular Hbond substituents is 2. The van der Waals surface area contributed by atoms with Crippen LogP contribution in [0, 0.1) is 11.8 Å². The summed E-state index contributed by atoms with van der Waals surface area (Å²) in [6.07, 6.45) is 2.24. The first-order valence-corrected chi connectivity index (χ1v) is 8.07. The second-order valence-electron chi connectivity index (χ2n) is 6.79. The Labute approximate surface area is 129 Å². The van der Waals surface area contributed by atoms with E-state index >= 15 is 0 Å². The molecule has 0 aliphatic rings. The van der Waals surface area contributed by atoms with E-state index in [-0.39, 0.29) is 17.5 Å². The maximum Gasteiger partial charge on any atom is 0.124 e. The molecule has 1 unspecified atom stereocenters. The molecule has 120 valence electrons. The zero-order valence-corrected chi connectivity index (χ0v) is 14.1. The second kappa shape index (κ2) is 8.28. The summed E-state index contributed by atoms with van der Waals surface area (Å²) in [5.41, 5.74) is 0.644. The van der Waals surface area contributed by atoms with E-state index in [1.54, 1.807) is 18.2 Å². The lowest BCUT2D eigenvalue weighted by Crippen LogP contribution is -2.30. The first kappa shape index (κ1) is 17.8. The Balaban J connectivity index is 2.89. The molecule has 0 amide bonds. The van der Waals surface area contributed by atoms with E-state index in [2.05, 4.69) is 39.5 Å². The van der Waals surface area contributed by atoms with Crippen molar-refractivity contribution in [1.82, 2.24) is 4.90 Å². The summed E-state index contributed by atoms with van der Waals surface area (Å²) in [4.78, 5) is 2.37. The summed E-state index contributed by atoms with van der Waals surface area (Å²) in [5, 5.41) is 20.2. The Morgan fingerprint density at radius 1 is 0.857 bits per heavy atom. The summed E-state index contributed by atoms with van der Waals surface area (Å²) in [5.74, 6) is 1.66. The fourth-order valence-electron chi connectivity index (χ4n) is 2.50. The lowest BCUT2D eigenvalue weighted by Gasteiger charge is -2.31. The third-order valence-corrected chi connectivity index (χ3v) is 4.01. The standard InChI is InChI=1S/C18H31NO2/c1-13(2)9-11-19(12-10-14(3)4)15(5)18-16(20)7-6-8-17(18)21/h6-8,13-15,20-21H,9-12H2,1-5H3. The molecule has 0 saturated carbocycles. The van der Waals surface area contributed by atoms with Gasteiger partial charge in [0, 0.05) is 6.04 Å². The lowest BCUT2D eigenvalue weighted by atomic mass is 10.0. The van der Waals surface area contributed by atoms with Crippen LogP contribution < -0.4 is 0 Å². The normalized spacial score (nSPS) is 13.3. The maximum atomic E-state index is 10.1. The van der Waals surface area contributed by atoms with Crippen molar-refractivity contribution in [3.63, 3.8) is 0 Å². The molecule has 2 N–H and O–H groups in total. The summed E-state index contributed by atoms with van der Waals surface area (Å²) in [6.45, 7) is 12.9. The fraction of sp³-hybridized carbons (Fsp3) is 0.667. The molecule has 0 heterocycles. The molecule has 21 heavy (non-hydrogen) atoms. The van der Waals surface area contributed by atoms with Gasteiger partial charge in [-0.1, -0.05) is 33.8 Å². The highest BCUT2D eigenvalue weighted by Gasteiger charge is 2.21. The number of rotatable bonds is 8. The van der Waals surface area contributed by atoms with Crippen LogP contribution in [-0.4, -0.2) is 28.2 Å². The van der Waals surface area contributed by atoms with E-state index in [1.807, 2.05) is 0 Å². The molecule has 0 aliphatic carbocycles. The Morgan fingerprint density at radius 3 is 1.67 bits per heavy atom. The van der Waals surface area contributed by atoms with E-state index in [0.29, 0.717) is 17.4 Å². The van der Waals surface area contributed by atoms with Crippen LogP contribution in [0.15, 0.2) is 18.2 Å². The molecule has 0 spiro atoms. The van der Waals surface area contributed by atoms with Crippen LogP contribution >= 0.6 is 0 Å². The van der Waals surface area contributed by atoms with Crippen molar-refractivity contribution in [3.8, 4) is 11.5 Å². The van der Waals surface area contributed by atoms with Gasteiger partial charge in [0.05, 0.1) is 5.56 Å². The number of benzene rings is 1. The van der Waals surface area contributed by atoms with Crippen molar-refractivity contribution in [2.24, 2.45) is 11.8 Å². The average molecular weight is 293 g/mol. The van der Waals surface area contributed by atoms with Gasteiger partial charge in [-0.25, -0.2) is 0 Å². The first-order chi connectivity index (χ1) is 9.82. The van der Waals surface area contributed by atoms with Gasteiger partial charge in [-0.15, -0.1) is 0 Å². The second-order valence-corrected chi connectivity index (χ2v) is 6.79. The van der Waals surface area contributed by atoms with E-state index in [1.165, 1.54) is 0 Å². The van der Waals surface area contributed by atoms with Crippen molar-refractivity contribution in [3.05, 3.63) is 23.8 Å². The van der Waals surface area contributed by atoms with Gasteiger partial charge in [-0.2, -0.15) is 0 Å². The Hall–Kier alpha value is -1.22. The van der Waals surface area contributed by atoms with E-state index in [0.717, 1.165) is 25.9 Å². The average Bonchev–Trinajstić information content (AvgIpc) is 2.37. The zero-order valence-electron chi connectivity index (χ0n) is 14.1. The monoisotopic (exact) mass is 293 g/mol. The van der Waals surface area contributed by atoms with Crippen molar-refractivity contribution >= 4 is 0 Å². The van der Waals surface area contributed by atoms with Crippen LogP contribution in [0.3, 0.4) is 0 Å². The van der Waals surface area contributed by atoms with Crippen LogP contribution in [0.25, 0.3) is 0 Å². The van der Waals surface area contributed by atoms with Crippen LogP contribution in [0.2, 0.25) is 0 Å². The molecule has 1 aromatic rings. The van der Waals surface area contributed by atoms with Gasteiger partial charge in [0.15, 0.2) is 0 Å². The molecule has 0 saturated heterocycles. The van der Waals surface area contributed by atoms with Gasteiger partial charge in [-0.05, 0) is 56.8 Å². The van der Waals surface area contributed by atoms with Gasteiger partial charge in [-0.3, -0.25) is 4.90 Å². The van der Waals surface area contributed by atoms with Crippen LogP contribution in [-0.2, 0) is 0 Å². The van der Waals surface area contributed by atoms with Crippen LogP contribution in [0.1, 0.15) is 59.1 Å². The molecular weight excluding hydrogens is 262 g/mol. The van der Waals surface area contributed by atoms with Crippen molar-refractivity contribution in [2.75, 3.05) is 13.1 Å². The van der Waals surface area contributed by atoms with Gasteiger partial charge in [0.1, 0.15) is 11.5 Å². The topological polar surface area (TPSA) is 43.7 Å². The predicted octanol–water partition coefficient (Wildman–Crippen LogP) is 4.55. The molecule has 1 aromatic carbocycles. The Bertz CT molecular complexity index is 397. The predicted molar refractivity (Wildman–Crippen MR) is 88.7 cm³/mol. The number of aromatic hydroxyl groups is 2. The summed E-state index contributed by atoms with van der Waals surface area (Å²) in [7, 11) is 0.